The van der Waals surface area contributed by atoms with Gasteiger partial charge in [-0.3, -0.25) is 14.9 Å². The SMILES string of the molecule is O=C(Nc1cccc(-c2nc3ccccc3[nH]2)c1)c1cccc([N+](=O)[O-])c1. The molecular formula is C20H14N4O3. The predicted molar refractivity (Wildman–Crippen MR) is 103 cm³/mol. The second-order valence-corrected chi connectivity index (χ2v) is 5.94. The number of hydrogen-bond donors (Lipinski definition) is 2. The predicted octanol–water partition coefficient (Wildman–Crippen LogP) is 4.39. The Morgan fingerprint density at radius 3 is 2.63 bits per heavy atom. The number of imidazole rings is 1. The fraction of sp³-hybridized carbons (Fsp3) is 0. The molecule has 1 heterocycles. The van der Waals surface area contributed by atoms with E-state index in [1.54, 1.807) is 12.1 Å². The van der Waals surface area contributed by atoms with E-state index in [4.69, 9.17) is 0 Å². The Kier molecular flexibility index (Phi) is 4.10. The lowest BCUT2D eigenvalue weighted by Crippen LogP contribution is -2.12. The number of para-hydroxylation sites is 2. The maximum Gasteiger partial charge on any atom is 0.270 e. The summed E-state index contributed by atoms with van der Waals surface area (Å²) in [6, 6.07) is 20.6. The number of nitro groups is 1. The Morgan fingerprint density at radius 2 is 1.81 bits per heavy atom. The number of carbonyl (C=O) groups excluding carboxylic acids is 1. The van der Waals surface area contributed by atoms with Gasteiger partial charge in [0.05, 0.1) is 16.0 Å². The number of aromatic amines is 1. The average Bonchev–Trinajstić information content (AvgIpc) is 3.12. The van der Waals surface area contributed by atoms with Gasteiger partial charge in [0, 0.05) is 28.9 Å². The van der Waals surface area contributed by atoms with Crippen LogP contribution < -0.4 is 5.32 Å². The Bertz CT molecular complexity index is 1130. The standard InChI is InChI=1S/C20H14N4O3/c25-20(14-6-4-8-16(12-14)24(26)27)21-15-7-3-5-13(11-15)19-22-17-9-1-2-10-18(17)23-19/h1-12H,(H,21,25)(H,22,23). The molecule has 0 unspecified atom stereocenters. The van der Waals surface area contributed by atoms with Crippen molar-refractivity contribution in [2.45, 2.75) is 0 Å². The van der Waals surface area contributed by atoms with Crippen LogP contribution in [-0.2, 0) is 0 Å². The van der Waals surface area contributed by atoms with Crippen LogP contribution in [0.5, 0.6) is 0 Å². The van der Waals surface area contributed by atoms with Crippen molar-refractivity contribution in [1.29, 1.82) is 0 Å². The highest BCUT2D eigenvalue weighted by Crippen LogP contribution is 2.23. The summed E-state index contributed by atoms with van der Waals surface area (Å²) < 4.78 is 0. The summed E-state index contributed by atoms with van der Waals surface area (Å²) in [6.45, 7) is 0. The van der Waals surface area contributed by atoms with E-state index in [2.05, 4.69) is 15.3 Å². The van der Waals surface area contributed by atoms with Crippen molar-refractivity contribution in [1.82, 2.24) is 9.97 Å². The molecule has 0 radical (unpaired) electrons. The molecule has 7 heteroatoms. The molecule has 0 aliphatic carbocycles. The van der Waals surface area contributed by atoms with Crippen LogP contribution in [0.4, 0.5) is 11.4 Å². The molecule has 4 aromatic rings. The molecule has 0 aliphatic rings. The average molecular weight is 358 g/mol. The minimum Gasteiger partial charge on any atom is -0.338 e. The zero-order valence-electron chi connectivity index (χ0n) is 14.0. The molecule has 3 aromatic carbocycles. The Morgan fingerprint density at radius 1 is 1.00 bits per heavy atom. The number of nitrogens with zero attached hydrogens (tertiary/aromatic N) is 2. The van der Waals surface area contributed by atoms with Crippen LogP contribution >= 0.6 is 0 Å². The minimum absolute atomic E-state index is 0.126. The highest BCUT2D eigenvalue weighted by Gasteiger charge is 2.12. The zero-order chi connectivity index (χ0) is 18.8. The lowest BCUT2D eigenvalue weighted by molar-refractivity contribution is -0.384. The number of nitrogens with one attached hydrogen (secondary N) is 2. The molecule has 1 amide bonds. The van der Waals surface area contributed by atoms with Crippen LogP contribution in [0.1, 0.15) is 10.4 Å². The molecule has 7 nitrogen and oxygen atoms in total. The highest BCUT2D eigenvalue weighted by atomic mass is 16.6. The van der Waals surface area contributed by atoms with Crippen LogP contribution in [0.25, 0.3) is 22.4 Å². The fourth-order valence-electron chi connectivity index (χ4n) is 2.80. The van der Waals surface area contributed by atoms with Gasteiger partial charge in [0.2, 0.25) is 0 Å². The Balaban J connectivity index is 1.60. The van der Waals surface area contributed by atoms with Crippen molar-refractivity contribution < 1.29 is 9.72 Å². The molecule has 27 heavy (non-hydrogen) atoms. The van der Waals surface area contributed by atoms with Crippen molar-refractivity contribution in [3.63, 3.8) is 0 Å². The quantitative estimate of drug-likeness (QED) is 0.417. The summed E-state index contributed by atoms with van der Waals surface area (Å²) >= 11 is 0. The first-order valence-electron chi connectivity index (χ1n) is 8.21. The van der Waals surface area contributed by atoms with Crippen LogP contribution in [-0.4, -0.2) is 20.8 Å². The van der Waals surface area contributed by atoms with E-state index in [0.29, 0.717) is 11.5 Å². The smallest absolute Gasteiger partial charge is 0.270 e. The van der Waals surface area contributed by atoms with Crippen molar-refractivity contribution in [2.24, 2.45) is 0 Å². The summed E-state index contributed by atoms with van der Waals surface area (Å²) in [7, 11) is 0. The first-order chi connectivity index (χ1) is 13.1. The van der Waals surface area contributed by atoms with Gasteiger partial charge in [0.1, 0.15) is 5.82 Å². The number of amides is 1. The first kappa shape index (κ1) is 16.5. The number of hydrogen-bond acceptors (Lipinski definition) is 4. The maximum atomic E-state index is 12.4. The summed E-state index contributed by atoms with van der Waals surface area (Å²) in [5.41, 5.74) is 3.28. The van der Waals surface area contributed by atoms with Gasteiger partial charge in [-0.05, 0) is 30.3 Å². The molecule has 0 saturated carbocycles. The number of nitro benzene ring substituents is 1. The fourth-order valence-corrected chi connectivity index (χ4v) is 2.80. The van der Waals surface area contributed by atoms with Crippen LogP contribution in [0.2, 0.25) is 0 Å². The van der Waals surface area contributed by atoms with E-state index in [-0.39, 0.29) is 11.3 Å². The van der Waals surface area contributed by atoms with Gasteiger partial charge < -0.3 is 10.3 Å². The van der Waals surface area contributed by atoms with Gasteiger partial charge in [0.25, 0.3) is 11.6 Å². The second kappa shape index (κ2) is 6.72. The summed E-state index contributed by atoms with van der Waals surface area (Å²) in [5, 5.41) is 13.6. The molecule has 1 aromatic heterocycles. The normalized spacial score (nSPS) is 10.7. The highest BCUT2D eigenvalue weighted by molar-refractivity contribution is 6.04. The van der Waals surface area contributed by atoms with Gasteiger partial charge in [-0.25, -0.2) is 4.98 Å². The minimum atomic E-state index is -0.529. The van der Waals surface area contributed by atoms with Crippen molar-refractivity contribution >= 4 is 28.3 Å². The number of benzene rings is 3. The van der Waals surface area contributed by atoms with E-state index < -0.39 is 10.8 Å². The summed E-state index contributed by atoms with van der Waals surface area (Å²) in [5.74, 6) is 0.281. The van der Waals surface area contributed by atoms with E-state index in [1.807, 2.05) is 36.4 Å². The van der Waals surface area contributed by atoms with Crippen LogP contribution in [0.15, 0.2) is 72.8 Å². The molecule has 132 valence electrons. The van der Waals surface area contributed by atoms with Crippen molar-refractivity contribution in [3.05, 3.63) is 88.5 Å². The van der Waals surface area contributed by atoms with E-state index in [1.165, 1.54) is 24.3 Å². The molecule has 0 saturated heterocycles. The molecule has 4 rings (SSSR count). The van der Waals surface area contributed by atoms with Gasteiger partial charge in [0.15, 0.2) is 0 Å². The Labute approximate surface area is 153 Å². The molecular weight excluding hydrogens is 344 g/mol. The number of anilines is 1. The maximum absolute atomic E-state index is 12.4. The molecule has 0 atom stereocenters. The molecule has 0 bridgehead atoms. The van der Waals surface area contributed by atoms with E-state index in [0.717, 1.165) is 16.6 Å². The second-order valence-electron chi connectivity index (χ2n) is 5.94. The monoisotopic (exact) mass is 358 g/mol. The van der Waals surface area contributed by atoms with Gasteiger partial charge in [-0.1, -0.05) is 30.3 Å². The van der Waals surface area contributed by atoms with Crippen LogP contribution in [0.3, 0.4) is 0 Å². The third-order valence-electron chi connectivity index (χ3n) is 4.10. The van der Waals surface area contributed by atoms with Crippen molar-refractivity contribution in [3.8, 4) is 11.4 Å². The zero-order valence-corrected chi connectivity index (χ0v) is 14.0. The summed E-state index contributed by atoms with van der Waals surface area (Å²) in [6.07, 6.45) is 0. The first-order valence-corrected chi connectivity index (χ1v) is 8.21. The molecule has 2 N–H and O–H groups in total. The molecule has 0 spiro atoms. The third-order valence-corrected chi connectivity index (χ3v) is 4.10. The van der Waals surface area contributed by atoms with Gasteiger partial charge in [-0.15, -0.1) is 0 Å². The van der Waals surface area contributed by atoms with Gasteiger partial charge >= 0.3 is 0 Å². The van der Waals surface area contributed by atoms with Crippen LogP contribution in [0, 0.1) is 10.1 Å². The van der Waals surface area contributed by atoms with Gasteiger partial charge in [-0.2, -0.15) is 0 Å². The number of aromatic nitrogens is 2. The lowest BCUT2D eigenvalue weighted by Gasteiger charge is -2.06. The Hall–Kier alpha value is -4.00. The third kappa shape index (κ3) is 3.38. The number of rotatable bonds is 4. The summed E-state index contributed by atoms with van der Waals surface area (Å²) in [4.78, 5) is 30.6. The number of non-ortho nitro benzene ring substituents is 1. The molecule has 0 fully saturated rings. The van der Waals surface area contributed by atoms with E-state index in [9.17, 15) is 14.9 Å². The number of fused-ring (bicyclic) bond motifs is 1. The number of carbonyl (C=O) groups is 1. The molecule has 0 aliphatic heterocycles. The van der Waals surface area contributed by atoms with E-state index >= 15 is 0 Å². The number of H-pyrrole nitrogens is 1. The largest absolute Gasteiger partial charge is 0.338 e. The topological polar surface area (TPSA) is 101 Å². The lowest BCUT2D eigenvalue weighted by atomic mass is 10.1. The van der Waals surface area contributed by atoms with Crippen molar-refractivity contribution in [2.75, 3.05) is 5.32 Å².